The lowest BCUT2D eigenvalue weighted by Gasteiger charge is -2.06. The lowest BCUT2D eigenvalue weighted by Crippen LogP contribution is -2.13. The van der Waals surface area contributed by atoms with E-state index in [1.807, 2.05) is 12.1 Å². The largest absolute Gasteiger partial charge is 0.382 e. The molecule has 0 aliphatic rings. The number of aromatic nitrogens is 3. The van der Waals surface area contributed by atoms with Gasteiger partial charge in [0.05, 0.1) is 11.9 Å². The predicted molar refractivity (Wildman–Crippen MR) is 66.3 cm³/mol. The maximum absolute atomic E-state index is 11.2. The SMILES string of the molecule is O=c1[nH]ncc(NCCc2cccnc2)c1Cl. The first kappa shape index (κ1) is 11.6. The van der Waals surface area contributed by atoms with Gasteiger partial charge < -0.3 is 5.32 Å². The summed E-state index contributed by atoms with van der Waals surface area (Å²) >= 11 is 5.82. The first-order valence-corrected chi connectivity index (χ1v) is 5.51. The van der Waals surface area contributed by atoms with Gasteiger partial charge in [-0.3, -0.25) is 9.78 Å². The van der Waals surface area contributed by atoms with Crippen molar-refractivity contribution in [3.05, 3.63) is 51.7 Å². The van der Waals surface area contributed by atoms with Crippen molar-refractivity contribution in [3.8, 4) is 0 Å². The molecule has 2 heterocycles. The van der Waals surface area contributed by atoms with E-state index in [0.29, 0.717) is 12.2 Å². The van der Waals surface area contributed by atoms with Crippen LogP contribution in [0.2, 0.25) is 5.02 Å². The highest BCUT2D eigenvalue weighted by Crippen LogP contribution is 2.14. The van der Waals surface area contributed by atoms with Gasteiger partial charge in [-0.15, -0.1) is 0 Å². The Morgan fingerprint density at radius 2 is 2.29 bits per heavy atom. The molecule has 5 nitrogen and oxygen atoms in total. The maximum Gasteiger partial charge on any atom is 0.285 e. The highest BCUT2D eigenvalue weighted by atomic mass is 35.5. The molecule has 0 unspecified atom stereocenters. The van der Waals surface area contributed by atoms with Crippen LogP contribution in [0.25, 0.3) is 0 Å². The third-order valence-corrected chi connectivity index (χ3v) is 2.62. The van der Waals surface area contributed by atoms with E-state index in [-0.39, 0.29) is 5.02 Å². The Bertz CT molecular complexity index is 541. The molecule has 0 saturated heterocycles. The molecule has 0 bridgehead atoms. The van der Waals surface area contributed by atoms with Crippen molar-refractivity contribution in [2.75, 3.05) is 11.9 Å². The number of halogens is 1. The molecule has 2 N–H and O–H groups in total. The fourth-order valence-corrected chi connectivity index (χ4v) is 1.55. The minimum atomic E-state index is -0.391. The number of hydrogen-bond acceptors (Lipinski definition) is 4. The van der Waals surface area contributed by atoms with Crippen LogP contribution in [-0.2, 0) is 6.42 Å². The summed E-state index contributed by atoms with van der Waals surface area (Å²) in [5.41, 5.74) is 1.27. The molecule has 88 valence electrons. The second kappa shape index (κ2) is 5.45. The lowest BCUT2D eigenvalue weighted by molar-refractivity contribution is 0.965. The summed E-state index contributed by atoms with van der Waals surface area (Å²) in [6.07, 6.45) is 5.83. The molecule has 2 aromatic heterocycles. The van der Waals surface area contributed by atoms with Gasteiger partial charge in [0.25, 0.3) is 5.56 Å². The van der Waals surface area contributed by atoms with E-state index >= 15 is 0 Å². The second-order valence-electron chi connectivity index (χ2n) is 3.46. The zero-order valence-electron chi connectivity index (χ0n) is 8.98. The zero-order chi connectivity index (χ0) is 12.1. The quantitative estimate of drug-likeness (QED) is 0.862. The molecule has 0 atom stereocenters. The van der Waals surface area contributed by atoms with E-state index in [2.05, 4.69) is 20.5 Å². The molecule has 2 rings (SSSR count). The van der Waals surface area contributed by atoms with Crippen molar-refractivity contribution >= 4 is 17.3 Å². The van der Waals surface area contributed by atoms with E-state index in [9.17, 15) is 4.79 Å². The zero-order valence-corrected chi connectivity index (χ0v) is 9.74. The summed E-state index contributed by atoms with van der Waals surface area (Å²) in [5.74, 6) is 0. The molecular formula is C11H11ClN4O. The average Bonchev–Trinajstić information content (AvgIpc) is 2.36. The fourth-order valence-electron chi connectivity index (χ4n) is 1.39. The van der Waals surface area contributed by atoms with Gasteiger partial charge in [0.2, 0.25) is 0 Å². The molecular weight excluding hydrogens is 240 g/mol. The number of hydrogen-bond donors (Lipinski definition) is 2. The van der Waals surface area contributed by atoms with Crippen LogP contribution in [0.3, 0.4) is 0 Å². The van der Waals surface area contributed by atoms with Gasteiger partial charge in [0, 0.05) is 18.9 Å². The second-order valence-corrected chi connectivity index (χ2v) is 3.84. The Morgan fingerprint density at radius 3 is 3.06 bits per heavy atom. The van der Waals surface area contributed by atoms with E-state index in [4.69, 9.17) is 11.6 Å². The normalized spacial score (nSPS) is 10.2. The molecule has 0 fully saturated rings. The van der Waals surface area contributed by atoms with Crippen molar-refractivity contribution in [1.29, 1.82) is 0 Å². The van der Waals surface area contributed by atoms with Crippen LogP contribution in [0, 0.1) is 0 Å². The van der Waals surface area contributed by atoms with Gasteiger partial charge in [-0.2, -0.15) is 5.10 Å². The van der Waals surface area contributed by atoms with Crippen molar-refractivity contribution in [2.24, 2.45) is 0 Å². The van der Waals surface area contributed by atoms with Crippen LogP contribution in [0.1, 0.15) is 5.56 Å². The van der Waals surface area contributed by atoms with Gasteiger partial charge in [-0.05, 0) is 18.1 Å². The third-order valence-electron chi connectivity index (χ3n) is 2.25. The third kappa shape index (κ3) is 3.04. The molecule has 0 radical (unpaired) electrons. The summed E-state index contributed by atoms with van der Waals surface area (Å²) < 4.78 is 0. The van der Waals surface area contributed by atoms with Crippen molar-refractivity contribution in [3.63, 3.8) is 0 Å². The lowest BCUT2D eigenvalue weighted by atomic mass is 10.2. The molecule has 0 spiro atoms. The van der Waals surface area contributed by atoms with E-state index < -0.39 is 5.56 Å². The minimum absolute atomic E-state index is 0.131. The maximum atomic E-state index is 11.2. The fraction of sp³-hybridized carbons (Fsp3) is 0.182. The minimum Gasteiger partial charge on any atom is -0.382 e. The van der Waals surface area contributed by atoms with Gasteiger partial charge in [0.1, 0.15) is 5.02 Å². The monoisotopic (exact) mass is 250 g/mol. The Kier molecular flexibility index (Phi) is 3.72. The highest BCUT2D eigenvalue weighted by Gasteiger charge is 2.03. The number of nitrogens with zero attached hydrogens (tertiary/aromatic N) is 2. The Labute approximate surface area is 103 Å². The van der Waals surface area contributed by atoms with E-state index in [1.165, 1.54) is 6.20 Å². The molecule has 2 aromatic rings. The Balaban J connectivity index is 1.95. The van der Waals surface area contributed by atoms with Gasteiger partial charge in [-0.25, -0.2) is 5.10 Å². The van der Waals surface area contributed by atoms with Crippen LogP contribution < -0.4 is 10.9 Å². The van der Waals surface area contributed by atoms with Crippen molar-refractivity contribution in [1.82, 2.24) is 15.2 Å². The van der Waals surface area contributed by atoms with Crippen LogP contribution >= 0.6 is 11.6 Å². The number of pyridine rings is 1. The summed E-state index contributed by atoms with van der Waals surface area (Å²) in [4.78, 5) is 15.2. The van der Waals surface area contributed by atoms with Gasteiger partial charge in [-0.1, -0.05) is 17.7 Å². The molecule has 0 aliphatic carbocycles. The number of anilines is 1. The van der Waals surface area contributed by atoms with Crippen LogP contribution in [0.5, 0.6) is 0 Å². The van der Waals surface area contributed by atoms with Crippen LogP contribution in [-0.4, -0.2) is 21.7 Å². The smallest absolute Gasteiger partial charge is 0.285 e. The average molecular weight is 251 g/mol. The van der Waals surface area contributed by atoms with Crippen LogP contribution in [0.15, 0.2) is 35.5 Å². The summed E-state index contributed by atoms with van der Waals surface area (Å²) in [6, 6.07) is 3.88. The molecule has 0 aromatic carbocycles. The van der Waals surface area contributed by atoms with E-state index in [0.717, 1.165) is 12.0 Å². The molecule has 0 amide bonds. The predicted octanol–water partition coefficient (Wildman–Crippen LogP) is 1.47. The topological polar surface area (TPSA) is 70.7 Å². The number of nitrogens with one attached hydrogen (secondary N) is 2. The Morgan fingerprint density at radius 1 is 1.41 bits per heavy atom. The Hall–Kier alpha value is -1.88. The van der Waals surface area contributed by atoms with Gasteiger partial charge >= 0.3 is 0 Å². The highest BCUT2D eigenvalue weighted by molar-refractivity contribution is 6.32. The molecule has 0 aliphatic heterocycles. The number of aromatic amines is 1. The first-order valence-electron chi connectivity index (χ1n) is 5.13. The first-order chi connectivity index (χ1) is 8.27. The number of H-pyrrole nitrogens is 1. The molecule has 6 heteroatoms. The number of rotatable bonds is 4. The van der Waals surface area contributed by atoms with Crippen molar-refractivity contribution in [2.45, 2.75) is 6.42 Å². The van der Waals surface area contributed by atoms with E-state index in [1.54, 1.807) is 12.4 Å². The summed E-state index contributed by atoms with van der Waals surface area (Å²) in [5, 5.41) is 9.13. The molecule has 0 saturated carbocycles. The van der Waals surface area contributed by atoms with Gasteiger partial charge in [0.15, 0.2) is 0 Å². The molecule has 17 heavy (non-hydrogen) atoms. The standard InChI is InChI=1S/C11H11ClN4O/c12-10-9(7-15-16-11(10)17)14-5-3-8-2-1-4-13-6-8/h1-2,4,6-7H,3,5H2,(H2,14,16,17). The summed E-state index contributed by atoms with van der Waals surface area (Å²) in [6.45, 7) is 0.663. The van der Waals surface area contributed by atoms with Crippen LogP contribution in [0.4, 0.5) is 5.69 Å². The van der Waals surface area contributed by atoms with Crippen molar-refractivity contribution < 1.29 is 0 Å². The summed E-state index contributed by atoms with van der Waals surface area (Å²) in [7, 11) is 0.